The number of anilines is 1. The van der Waals surface area contributed by atoms with Crippen molar-refractivity contribution in [1.29, 1.82) is 0 Å². The average molecular weight is 264 g/mol. The van der Waals surface area contributed by atoms with Gasteiger partial charge in [-0.05, 0) is 29.5 Å². The minimum atomic E-state index is 0.442. The zero-order chi connectivity index (χ0) is 13.6. The highest BCUT2D eigenvalue weighted by Gasteiger charge is 2.01. The van der Waals surface area contributed by atoms with Crippen LogP contribution in [0.15, 0.2) is 65.8 Å². The molecule has 0 saturated heterocycles. The highest BCUT2D eigenvalue weighted by atomic mass is 15.6. The molecule has 0 atom stereocenters. The van der Waals surface area contributed by atoms with Gasteiger partial charge in [0.15, 0.2) is 0 Å². The molecular formula is C14H12N6. The van der Waals surface area contributed by atoms with Crippen molar-refractivity contribution in [3.63, 3.8) is 0 Å². The first-order valence-corrected chi connectivity index (χ1v) is 6.11. The number of rotatable bonds is 4. The smallest absolute Gasteiger partial charge is 0.218 e. The van der Waals surface area contributed by atoms with Crippen molar-refractivity contribution >= 4 is 11.9 Å². The van der Waals surface area contributed by atoms with Gasteiger partial charge < -0.3 is 0 Å². The van der Waals surface area contributed by atoms with Crippen molar-refractivity contribution in [2.45, 2.75) is 0 Å². The van der Waals surface area contributed by atoms with Gasteiger partial charge in [0.25, 0.3) is 0 Å². The SMILES string of the molecule is C(=NNc1ccccc1)c1nnn(-c2ccccc2)n1. The number of aromatic nitrogens is 4. The zero-order valence-corrected chi connectivity index (χ0v) is 10.6. The van der Waals surface area contributed by atoms with Gasteiger partial charge in [0, 0.05) is 0 Å². The van der Waals surface area contributed by atoms with Gasteiger partial charge in [0.2, 0.25) is 5.82 Å². The van der Waals surface area contributed by atoms with E-state index in [1.54, 1.807) is 0 Å². The fraction of sp³-hybridized carbons (Fsp3) is 0. The molecule has 0 unspecified atom stereocenters. The van der Waals surface area contributed by atoms with Gasteiger partial charge in [-0.1, -0.05) is 36.4 Å². The van der Waals surface area contributed by atoms with Crippen LogP contribution in [0.5, 0.6) is 0 Å². The van der Waals surface area contributed by atoms with Crippen LogP contribution in [0.4, 0.5) is 5.69 Å². The van der Waals surface area contributed by atoms with Gasteiger partial charge in [-0.3, -0.25) is 5.43 Å². The van der Waals surface area contributed by atoms with Crippen LogP contribution in [-0.2, 0) is 0 Å². The number of nitrogens with zero attached hydrogens (tertiary/aromatic N) is 5. The lowest BCUT2D eigenvalue weighted by Crippen LogP contribution is -1.98. The molecule has 6 heteroatoms. The summed E-state index contributed by atoms with van der Waals surface area (Å²) in [5.41, 5.74) is 4.65. The van der Waals surface area contributed by atoms with Crippen molar-refractivity contribution in [3.05, 3.63) is 66.5 Å². The molecule has 0 radical (unpaired) electrons. The lowest BCUT2D eigenvalue weighted by atomic mass is 10.3. The summed E-state index contributed by atoms with van der Waals surface area (Å²) in [6.45, 7) is 0. The van der Waals surface area contributed by atoms with Gasteiger partial charge in [-0.15, -0.1) is 15.0 Å². The van der Waals surface area contributed by atoms with E-state index in [4.69, 9.17) is 0 Å². The summed E-state index contributed by atoms with van der Waals surface area (Å²) in [5.74, 6) is 0.442. The molecule has 1 aromatic heterocycles. The number of hydrogen-bond acceptors (Lipinski definition) is 5. The molecular weight excluding hydrogens is 252 g/mol. The lowest BCUT2D eigenvalue weighted by molar-refractivity contribution is 0.719. The number of hydrazone groups is 1. The Balaban J connectivity index is 1.69. The van der Waals surface area contributed by atoms with Gasteiger partial charge in [0.1, 0.15) is 0 Å². The van der Waals surface area contributed by atoms with Crippen molar-refractivity contribution < 1.29 is 0 Å². The molecule has 0 aliphatic rings. The molecule has 0 spiro atoms. The van der Waals surface area contributed by atoms with Gasteiger partial charge in [-0.2, -0.15) is 5.10 Å². The van der Waals surface area contributed by atoms with Gasteiger partial charge >= 0.3 is 0 Å². The maximum Gasteiger partial charge on any atom is 0.218 e. The van der Waals surface area contributed by atoms with E-state index in [1.165, 1.54) is 11.0 Å². The van der Waals surface area contributed by atoms with Gasteiger partial charge in [0.05, 0.1) is 17.6 Å². The van der Waals surface area contributed by atoms with E-state index >= 15 is 0 Å². The van der Waals surface area contributed by atoms with E-state index in [0.29, 0.717) is 5.82 Å². The number of tetrazole rings is 1. The summed E-state index contributed by atoms with van der Waals surface area (Å²) in [7, 11) is 0. The molecule has 1 heterocycles. The van der Waals surface area contributed by atoms with E-state index in [9.17, 15) is 0 Å². The highest BCUT2D eigenvalue weighted by molar-refractivity contribution is 5.74. The molecule has 2 aromatic carbocycles. The van der Waals surface area contributed by atoms with Crippen LogP contribution in [0.3, 0.4) is 0 Å². The van der Waals surface area contributed by atoms with E-state index in [-0.39, 0.29) is 0 Å². The second-order valence-electron chi connectivity index (χ2n) is 4.01. The first-order chi connectivity index (χ1) is 9.92. The van der Waals surface area contributed by atoms with Crippen molar-refractivity contribution in [2.24, 2.45) is 5.10 Å². The summed E-state index contributed by atoms with van der Waals surface area (Å²) >= 11 is 0. The standard InChI is InChI=1S/C14H12N6/c1-3-7-12(8-4-1)16-15-11-14-17-19-20(18-14)13-9-5-2-6-10-13/h1-11,16H. The fourth-order valence-electron chi connectivity index (χ4n) is 1.62. The lowest BCUT2D eigenvalue weighted by Gasteiger charge is -1.96. The van der Waals surface area contributed by atoms with Crippen LogP contribution in [0.25, 0.3) is 5.69 Å². The van der Waals surface area contributed by atoms with E-state index in [1.807, 2.05) is 60.7 Å². The molecule has 0 saturated carbocycles. The number of benzene rings is 2. The predicted octanol–water partition coefficient (Wildman–Crippen LogP) is 2.11. The highest BCUT2D eigenvalue weighted by Crippen LogP contribution is 2.04. The third-order valence-corrected chi connectivity index (χ3v) is 2.56. The molecule has 6 nitrogen and oxygen atoms in total. The Morgan fingerprint density at radius 3 is 2.40 bits per heavy atom. The molecule has 0 fully saturated rings. The van der Waals surface area contributed by atoms with Crippen LogP contribution >= 0.6 is 0 Å². The molecule has 1 N–H and O–H groups in total. The van der Waals surface area contributed by atoms with E-state index in [0.717, 1.165) is 11.4 Å². The Kier molecular flexibility index (Phi) is 3.46. The molecule has 0 bridgehead atoms. The summed E-state index contributed by atoms with van der Waals surface area (Å²) in [5, 5.41) is 16.2. The summed E-state index contributed by atoms with van der Waals surface area (Å²) in [6.07, 6.45) is 1.53. The maximum atomic E-state index is 4.22. The van der Waals surface area contributed by atoms with Gasteiger partial charge in [-0.25, -0.2) is 0 Å². The quantitative estimate of drug-likeness (QED) is 0.579. The minimum absolute atomic E-state index is 0.442. The average Bonchev–Trinajstić information content (AvgIpc) is 2.98. The molecule has 3 aromatic rings. The monoisotopic (exact) mass is 264 g/mol. The molecule has 20 heavy (non-hydrogen) atoms. The Hall–Kier alpha value is -3.02. The third-order valence-electron chi connectivity index (χ3n) is 2.56. The third kappa shape index (κ3) is 2.86. The van der Waals surface area contributed by atoms with Crippen LogP contribution in [0, 0.1) is 0 Å². The van der Waals surface area contributed by atoms with E-state index in [2.05, 4.69) is 25.9 Å². The van der Waals surface area contributed by atoms with E-state index < -0.39 is 0 Å². The second kappa shape index (κ2) is 5.75. The summed E-state index contributed by atoms with van der Waals surface area (Å²) in [4.78, 5) is 1.46. The van der Waals surface area contributed by atoms with Crippen LogP contribution < -0.4 is 5.43 Å². The number of hydrogen-bond donors (Lipinski definition) is 1. The summed E-state index contributed by atoms with van der Waals surface area (Å²) in [6, 6.07) is 19.2. The number of para-hydroxylation sites is 2. The van der Waals surface area contributed by atoms with Crippen LogP contribution in [0.2, 0.25) is 0 Å². The van der Waals surface area contributed by atoms with Crippen molar-refractivity contribution in [1.82, 2.24) is 20.2 Å². The Morgan fingerprint density at radius 2 is 1.65 bits per heavy atom. The largest absolute Gasteiger partial charge is 0.278 e. The zero-order valence-electron chi connectivity index (χ0n) is 10.6. The first kappa shape index (κ1) is 12.0. The molecule has 0 amide bonds. The minimum Gasteiger partial charge on any atom is -0.278 e. The molecule has 0 aliphatic carbocycles. The second-order valence-corrected chi connectivity index (χ2v) is 4.01. The Bertz CT molecular complexity index is 690. The first-order valence-electron chi connectivity index (χ1n) is 6.11. The molecule has 98 valence electrons. The number of nitrogens with one attached hydrogen (secondary N) is 1. The normalized spacial score (nSPS) is 10.8. The Labute approximate surface area is 115 Å². The van der Waals surface area contributed by atoms with Crippen LogP contribution in [0.1, 0.15) is 5.82 Å². The Morgan fingerprint density at radius 1 is 0.950 bits per heavy atom. The molecule has 3 rings (SSSR count). The fourth-order valence-corrected chi connectivity index (χ4v) is 1.62. The summed E-state index contributed by atoms with van der Waals surface area (Å²) < 4.78 is 0. The predicted molar refractivity (Wildman–Crippen MR) is 76.8 cm³/mol. The molecule has 0 aliphatic heterocycles. The maximum absolute atomic E-state index is 4.22. The van der Waals surface area contributed by atoms with Crippen LogP contribution in [-0.4, -0.2) is 26.4 Å². The van der Waals surface area contributed by atoms with Crippen molar-refractivity contribution in [3.8, 4) is 5.69 Å². The van der Waals surface area contributed by atoms with Crippen molar-refractivity contribution in [2.75, 3.05) is 5.43 Å². The topological polar surface area (TPSA) is 68.0 Å².